The van der Waals surface area contributed by atoms with Crippen molar-refractivity contribution in [2.45, 2.75) is 117 Å². The van der Waals surface area contributed by atoms with E-state index in [0.29, 0.717) is 18.5 Å². The van der Waals surface area contributed by atoms with Crippen molar-refractivity contribution in [3.63, 3.8) is 0 Å². The van der Waals surface area contributed by atoms with Crippen molar-refractivity contribution in [2.24, 2.45) is 0 Å². The molecule has 1 saturated heterocycles. The zero-order valence-electron chi connectivity index (χ0n) is 27.5. The number of Topliss-reactive ketones (excluding diaryl/α,β-unsaturated/α-hetero) is 1. The van der Waals surface area contributed by atoms with Gasteiger partial charge in [-0.25, -0.2) is 0 Å². The Morgan fingerprint density at radius 2 is 1.65 bits per heavy atom. The average molecular weight is 562 g/mol. The second-order valence-corrected chi connectivity index (χ2v) is 11.9. The maximum Gasteiger partial charge on any atom is 0.143 e. The van der Waals surface area contributed by atoms with Gasteiger partial charge in [0.15, 0.2) is 0 Å². The molecule has 6 nitrogen and oxygen atoms in total. The van der Waals surface area contributed by atoms with Gasteiger partial charge in [0.1, 0.15) is 11.5 Å². The van der Waals surface area contributed by atoms with Crippen LogP contribution < -0.4 is 4.74 Å². The minimum absolute atomic E-state index is 0.239. The molecule has 0 aliphatic carbocycles. The highest BCUT2D eigenvalue weighted by Crippen LogP contribution is 2.36. The van der Waals surface area contributed by atoms with E-state index < -0.39 is 0 Å². The van der Waals surface area contributed by atoms with Crippen LogP contribution in [0, 0.1) is 0 Å². The third kappa shape index (κ3) is 15.5. The number of benzene rings is 1. The summed E-state index contributed by atoms with van der Waals surface area (Å²) in [6.07, 6.45) is 15.6. The first-order valence-electron chi connectivity index (χ1n) is 16.1. The highest BCUT2D eigenvalue weighted by atomic mass is 16.7. The summed E-state index contributed by atoms with van der Waals surface area (Å²) in [6, 6.07) is 7.05. The fourth-order valence-corrected chi connectivity index (χ4v) is 5.45. The zero-order chi connectivity index (χ0) is 29.8. The molecule has 2 heterocycles. The standard InChI is InChI=1S/C19H28N2O3.C10H23N.C5H12/c1-14(22)12-21-13-17(11-18(21)6-8-20(2)23-3)15-4-5-19-16(10-15)7-9-24-19;1-4-5-6-7-8-9-10-11(2)3;1-3-5-4-2/h4-5,10,17-18H,6-9,11-13H2,1-3H3;4-10H2,1-3H3;3-5H2,1-2H3. The number of ether oxygens (including phenoxy) is 1. The summed E-state index contributed by atoms with van der Waals surface area (Å²) in [5, 5.41) is 1.85. The number of hydroxylamine groups is 2. The topological polar surface area (TPSA) is 45.2 Å². The Hall–Kier alpha value is -1.47. The SMILES string of the molecule is CCCCC.CCCCCCCCN(C)C.CON(C)CCC1CC(c2ccc3c(c2)CCO3)CN1CC(C)=O. The predicted molar refractivity (Wildman–Crippen MR) is 170 cm³/mol. The fourth-order valence-electron chi connectivity index (χ4n) is 5.45. The van der Waals surface area contributed by atoms with E-state index in [1.807, 2.05) is 12.1 Å². The van der Waals surface area contributed by atoms with Crippen LogP contribution >= 0.6 is 0 Å². The zero-order valence-corrected chi connectivity index (χ0v) is 27.5. The van der Waals surface area contributed by atoms with Gasteiger partial charge in [0.05, 0.1) is 20.3 Å². The monoisotopic (exact) mass is 561 g/mol. The van der Waals surface area contributed by atoms with Gasteiger partial charge in [0.2, 0.25) is 0 Å². The lowest BCUT2D eigenvalue weighted by Gasteiger charge is -2.24. The van der Waals surface area contributed by atoms with Gasteiger partial charge in [-0.1, -0.05) is 84.3 Å². The van der Waals surface area contributed by atoms with Crippen molar-refractivity contribution in [1.29, 1.82) is 0 Å². The molecule has 0 radical (unpaired) electrons. The average Bonchev–Trinajstić information content (AvgIpc) is 3.56. The van der Waals surface area contributed by atoms with Crippen molar-refractivity contribution in [3.8, 4) is 5.75 Å². The van der Waals surface area contributed by atoms with Crippen LogP contribution in [0.5, 0.6) is 5.75 Å². The number of nitrogens with zero attached hydrogens (tertiary/aromatic N) is 3. The van der Waals surface area contributed by atoms with Crippen LogP contribution in [0.1, 0.15) is 115 Å². The maximum absolute atomic E-state index is 11.6. The van der Waals surface area contributed by atoms with E-state index in [0.717, 1.165) is 44.7 Å². The fraction of sp³-hybridized carbons (Fsp3) is 0.794. The Morgan fingerprint density at radius 1 is 0.975 bits per heavy atom. The number of carbonyl (C=O) groups is 1. The Balaban J connectivity index is 0.000000417. The van der Waals surface area contributed by atoms with E-state index in [1.54, 1.807) is 14.0 Å². The second-order valence-electron chi connectivity index (χ2n) is 11.9. The second kappa shape index (κ2) is 22.2. The number of likely N-dealkylation sites (tertiary alicyclic amines) is 1. The van der Waals surface area contributed by atoms with Crippen LogP contribution in [0.4, 0.5) is 0 Å². The molecule has 2 aliphatic rings. The molecule has 1 aromatic carbocycles. The van der Waals surface area contributed by atoms with Gasteiger partial charge in [-0.15, -0.1) is 0 Å². The molecule has 1 aromatic rings. The third-order valence-corrected chi connectivity index (χ3v) is 7.89. The van der Waals surface area contributed by atoms with Crippen LogP contribution in [0.2, 0.25) is 0 Å². The summed E-state index contributed by atoms with van der Waals surface area (Å²) in [6.45, 7) is 12.8. The van der Waals surface area contributed by atoms with E-state index in [2.05, 4.69) is 62.9 Å². The molecule has 6 heteroatoms. The van der Waals surface area contributed by atoms with Gasteiger partial charge in [0, 0.05) is 32.6 Å². The summed E-state index contributed by atoms with van der Waals surface area (Å²) < 4.78 is 5.61. The summed E-state index contributed by atoms with van der Waals surface area (Å²) in [5.74, 6) is 1.77. The van der Waals surface area contributed by atoms with Crippen molar-refractivity contribution < 1.29 is 14.4 Å². The molecule has 0 bridgehead atoms. The highest BCUT2D eigenvalue weighted by molar-refractivity contribution is 5.77. The number of unbranched alkanes of at least 4 members (excludes halogenated alkanes) is 7. The minimum atomic E-state index is 0.239. The van der Waals surface area contributed by atoms with E-state index >= 15 is 0 Å². The molecule has 40 heavy (non-hydrogen) atoms. The Kier molecular flexibility index (Phi) is 20.3. The Bertz CT molecular complexity index is 784. The largest absolute Gasteiger partial charge is 0.493 e. The van der Waals surface area contributed by atoms with Gasteiger partial charge in [-0.3, -0.25) is 9.69 Å². The predicted octanol–water partition coefficient (Wildman–Crippen LogP) is 7.36. The minimum Gasteiger partial charge on any atom is -0.493 e. The highest BCUT2D eigenvalue weighted by Gasteiger charge is 2.33. The molecular weight excluding hydrogens is 498 g/mol. The lowest BCUT2D eigenvalue weighted by molar-refractivity contribution is -0.119. The summed E-state index contributed by atoms with van der Waals surface area (Å²) >= 11 is 0. The van der Waals surface area contributed by atoms with E-state index in [-0.39, 0.29) is 5.78 Å². The van der Waals surface area contributed by atoms with E-state index in [9.17, 15) is 4.79 Å². The molecule has 0 saturated carbocycles. The number of carbonyl (C=O) groups excluding carboxylic acids is 1. The number of hydrogen-bond acceptors (Lipinski definition) is 6. The molecule has 0 amide bonds. The van der Waals surface area contributed by atoms with Gasteiger partial charge >= 0.3 is 0 Å². The van der Waals surface area contributed by atoms with Crippen LogP contribution in [0.3, 0.4) is 0 Å². The van der Waals surface area contributed by atoms with E-state index in [4.69, 9.17) is 9.57 Å². The van der Waals surface area contributed by atoms with Crippen molar-refractivity contribution >= 4 is 5.78 Å². The lowest BCUT2D eigenvalue weighted by atomic mass is 9.93. The lowest BCUT2D eigenvalue weighted by Crippen LogP contribution is -2.35. The summed E-state index contributed by atoms with van der Waals surface area (Å²) in [4.78, 5) is 21.5. The molecule has 232 valence electrons. The van der Waals surface area contributed by atoms with Crippen molar-refractivity contribution in [3.05, 3.63) is 29.3 Å². The van der Waals surface area contributed by atoms with Gasteiger partial charge < -0.3 is 14.5 Å². The normalized spacial score (nSPS) is 18.1. The first-order chi connectivity index (χ1) is 19.2. The molecule has 0 spiro atoms. The molecule has 0 aromatic heterocycles. The quantitative estimate of drug-likeness (QED) is 0.155. The smallest absolute Gasteiger partial charge is 0.143 e. The first kappa shape index (κ1) is 36.6. The summed E-state index contributed by atoms with van der Waals surface area (Å²) in [7, 11) is 7.93. The molecule has 1 fully saturated rings. The molecule has 2 atom stereocenters. The van der Waals surface area contributed by atoms with Crippen LogP contribution in [0.25, 0.3) is 0 Å². The van der Waals surface area contributed by atoms with Crippen LogP contribution in [0.15, 0.2) is 18.2 Å². The Labute approximate surface area is 247 Å². The van der Waals surface area contributed by atoms with Crippen LogP contribution in [-0.4, -0.2) is 87.7 Å². The van der Waals surface area contributed by atoms with Gasteiger partial charge in [-0.05, 0) is 69.9 Å². The maximum atomic E-state index is 11.6. The van der Waals surface area contributed by atoms with Crippen molar-refractivity contribution in [2.75, 3.05) is 61.0 Å². The Morgan fingerprint density at radius 3 is 2.25 bits per heavy atom. The number of hydrogen-bond donors (Lipinski definition) is 0. The molecule has 3 rings (SSSR count). The van der Waals surface area contributed by atoms with Crippen molar-refractivity contribution in [1.82, 2.24) is 14.9 Å². The molecular formula is C34H63N3O3. The number of rotatable bonds is 16. The van der Waals surface area contributed by atoms with Gasteiger partial charge in [-0.2, -0.15) is 5.06 Å². The van der Waals surface area contributed by atoms with Gasteiger partial charge in [0.25, 0.3) is 0 Å². The third-order valence-electron chi connectivity index (χ3n) is 7.89. The molecule has 2 aliphatic heterocycles. The molecule has 2 unspecified atom stereocenters. The first-order valence-corrected chi connectivity index (χ1v) is 16.1. The summed E-state index contributed by atoms with van der Waals surface area (Å²) in [5.41, 5.74) is 2.71. The number of fused-ring (bicyclic) bond motifs is 1. The van der Waals surface area contributed by atoms with E-state index in [1.165, 1.54) is 75.5 Å². The van der Waals surface area contributed by atoms with Crippen LogP contribution in [-0.2, 0) is 16.1 Å². The number of ketones is 1. The molecule has 0 N–H and O–H groups in total.